The molecular weight excluding hydrogens is 395 g/mol. The molecule has 0 radical (unpaired) electrons. The number of rotatable bonds is 6. The van der Waals surface area contributed by atoms with Crippen LogP contribution < -0.4 is 0 Å². The number of halogens is 1. The van der Waals surface area contributed by atoms with Gasteiger partial charge in [0.25, 0.3) is 0 Å². The normalized spacial score (nSPS) is 14.3. The molecule has 142 valence electrons. The van der Waals surface area contributed by atoms with E-state index in [9.17, 15) is 9.65 Å². The first-order chi connectivity index (χ1) is 13.7. The van der Waals surface area contributed by atoms with Crippen LogP contribution in [0.3, 0.4) is 0 Å². The molecule has 0 amide bonds. The molecule has 4 nitrogen and oxygen atoms in total. The summed E-state index contributed by atoms with van der Waals surface area (Å²) in [6, 6.07) is 14.4. The molecule has 1 aromatic carbocycles. The second-order valence-electron chi connectivity index (χ2n) is 6.14. The van der Waals surface area contributed by atoms with Crippen LogP contribution in [0, 0.1) is 17.1 Å². The van der Waals surface area contributed by atoms with Gasteiger partial charge in [0.1, 0.15) is 16.9 Å². The number of aromatic nitrogens is 1. The average molecular weight is 413 g/mol. The van der Waals surface area contributed by atoms with E-state index in [1.54, 1.807) is 23.5 Å². The standard InChI is InChI=1S/C21H17FN2O2S2/c22-15-5-3-14(4-6-15)16-12-18(19-2-1-10-27-19)24-21(17(16)13-23)28-11-7-20-25-8-9-26-20/h1-6,10,12,20H,7-9,11H2. The summed E-state index contributed by atoms with van der Waals surface area (Å²) in [7, 11) is 0. The molecule has 3 aromatic rings. The van der Waals surface area contributed by atoms with Crippen LogP contribution in [0.4, 0.5) is 4.39 Å². The van der Waals surface area contributed by atoms with Crippen LogP contribution in [0.15, 0.2) is 52.9 Å². The molecule has 1 aliphatic heterocycles. The highest BCUT2D eigenvalue weighted by molar-refractivity contribution is 7.99. The monoisotopic (exact) mass is 412 g/mol. The summed E-state index contributed by atoms with van der Waals surface area (Å²) in [5.74, 6) is 0.421. The Morgan fingerprint density at radius 3 is 2.68 bits per heavy atom. The van der Waals surface area contributed by atoms with E-state index in [1.165, 1.54) is 23.9 Å². The van der Waals surface area contributed by atoms with Gasteiger partial charge in [-0.2, -0.15) is 5.26 Å². The summed E-state index contributed by atoms with van der Waals surface area (Å²) in [5, 5.41) is 12.5. The van der Waals surface area contributed by atoms with Crippen LogP contribution in [0.1, 0.15) is 12.0 Å². The molecule has 0 unspecified atom stereocenters. The fourth-order valence-corrected chi connectivity index (χ4v) is 4.62. The van der Waals surface area contributed by atoms with E-state index >= 15 is 0 Å². The Morgan fingerprint density at radius 2 is 2.00 bits per heavy atom. The molecule has 1 fully saturated rings. The Kier molecular flexibility index (Phi) is 6.03. The number of thiophene rings is 1. The Morgan fingerprint density at radius 1 is 1.21 bits per heavy atom. The number of hydrogen-bond donors (Lipinski definition) is 0. The van der Waals surface area contributed by atoms with Gasteiger partial charge in [0.2, 0.25) is 0 Å². The molecule has 3 heterocycles. The summed E-state index contributed by atoms with van der Waals surface area (Å²) in [6.07, 6.45) is 0.543. The van der Waals surface area contributed by atoms with Gasteiger partial charge >= 0.3 is 0 Å². The third-order valence-corrected chi connectivity index (χ3v) is 6.21. The number of thioether (sulfide) groups is 1. The van der Waals surface area contributed by atoms with Crippen molar-refractivity contribution in [2.45, 2.75) is 17.7 Å². The molecule has 4 rings (SSSR count). The number of ether oxygens (including phenoxy) is 2. The molecular formula is C21H17FN2O2S2. The van der Waals surface area contributed by atoms with Crippen molar-refractivity contribution in [1.29, 1.82) is 5.26 Å². The quantitative estimate of drug-likeness (QED) is 0.511. The molecule has 28 heavy (non-hydrogen) atoms. The third kappa shape index (κ3) is 4.26. The smallest absolute Gasteiger partial charge is 0.158 e. The lowest BCUT2D eigenvalue weighted by atomic mass is 10.0. The largest absolute Gasteiger partial charge is 0.350 e. The Labute approximate surface area is 170 Å². The van der Waals surface area contributed by atoms with Crippen molar-refractivity contribution in [2.75, 3.05) is 19.0 Å². The molecule has 0 bridgehead atoms. The van der Waals surface area contributed by atoms with Gasteiger partial charge in [-0.05, 0) is 35.2 Å². The number of nitrogens with zero attached hydrogens (tertiary/aromatic N) is 2. The highest BCUT2D eigenvalue weighted by Crippen LogP contribution is 2.35. The van der Waals surface area contributed by atoms with Crippen LogP contribution in [0.25, 0.3) is 21.7 Å². The zero-order chi connectivity index (χ0) is 19.3. The van der Waals surface area contributed by atoms with E-state index < -0.39 is 0 Å². The molecule has 2 aromatic heterocycles. The summed E-state index contributed by atoms with van der Waals surface area (Å²) < 4.78 is 24.3. The Bertz CT molecular complexity index is 979. The van der Waals surface area contributed by atoms with Crippen molar-refractivity contribution in [2.24, 2.45) is 0 Å². The van der Waals surface area contributed by atoms with Crippen molar-refractivity contribution < 1.29 is 13.9 Å². The van der Waals surface area contributed by atoms with Crippen molar-refractivity contribution >= 4 is 23.1 Å². The predicted molar refractivity (Wildman–Crippen MR) is 109 cm³/mol. The first-order valence-corrected chi connectivity index (χ1v) is 10.7. The SMILES string of the molecule is N#Cc1c(-c2ccc(F)cc2)cc(-c2cccs2)nc1SCCC1OCCO1. The van der Waals surface area contributed by atoms with Crippen molar-refractivity contribution in [3.05, 3.63) is 59.2 Å². The molecule has 0 aliphatic carbocycles. The molecule has 0 saturated carbocycles. The zero-order valence-electron chi connectivity index (χ0n) is 14.9. The average Bonchev–Trinajstić information content (AvgIpc) is 3.42. The minimum Gasteiger partial charge on any atom is -0.350 e. The maximum absolute atomic E-state index is 13.4. The second kappa shape index (κ2) is 8.84. The van der Waals surface area contributed by atoms with Crippen LogP contribution in [0.2, 0.25) is 0 Å². The van der Waals surface area contributed by atoms with E-state index in [-0.39, 0.29) is 12.1 Å². The van der Waals surface area contributed by atoms with Gasteiger partial charge in [-0.15, -0.1) is 23.1 Å². The first-order valence-electron chi connectivity index (χ1n) is 8.85. The topological polar surface area (TPSA) is 55.1 Å². The zero-order valence-corrected chi connectivity index (χ0v) is 16.6. The van der Waals surface area contributed by atoms with Gasteiger partial charge in [0, 0.05) is 17.7 Å². The number of hydrogen-bond acceptors (Lipinski definition) is 6. The van der Waals surface area contributed by atoms with Crippen molar-refractivity contribution in [3.63, 3.8) is 0 Å². The highest BCUT2D eigenvalue weighted by Gasteiger charge is 2.19. The second-order valence-corrected chi connectivity index (χ2v) is 8.17. The van der Waals surface area contributed by atoms with Gasteiger partial charge in [-0.3, -0.25) is 0 Å². The number of nitriles is 1. The molecule has 0 spiro atoms. The van der Waals surface area contributed by atoms with Crippen molar-refractivity contribution in [3.8, 4) is 27.8 Å². The molecule has 1 saturated heterocycles. The van der Waals surface area contributed by atoms with Gasteiger partial charge in [-0.25, -0.2) is 9.37 Å². The lowest BCUT2D eigenvalue weighted by Gasteiger charge is -2.13. The summed E-state index contributed by atoms with van der Waals surface area (Å²) in [4.78, 5) is 5.77. The summed E-state index contributed by atoms with van der Waals surface area (Å²) in [5.41, 5.74) is 2.87. The molecule has 0 N–H and O–H groups in total. The molecule has 1 aliphatic rings. The van der Waals surface area contributed by atoms with Crippen LogP contribution in [-0.4, -0.2) is 30.2 Å². The summed E-state index contributed by atoms with van der Waals surface area (Å²) in [6.45, 7) is 1.25. The van der Waals surface area contributed by atoms with Gasteiger partial charge < -0.3 is 9.47 Å². The van der Waals surface area contributed by atoms with Gasteiger partial charge in [0.15, 0.2) is 6.29 Å². The van der Waals surface area contributed by atoms with Gasteiger partial charge in [0.05, 0.1) is 29.3 Å². The first kappa shape index (κ1) is 19.1. The number of benzene rings is 1. The third-order valence-electron chi connectivity index (χ3n) is 4.31. The van der Waals surface area contributed by atoms with Crippen LogP contribution in [0.5, 0.6) is 0 Å². The van der Waals surface area contributed by atoms with Crippen LogP contribution in [-0.2, 0) is 9.47 Å². The van der Waals surface area contributed by atoms with Crippen molar-refractivity contribution in [1.82, 2.24) is 4.98 Å². The maximum atomic E-state index is 13.4. The minimum atomic E-state index is -0.305. The Balaban J connectivity index is 1.70. The predicted octanol–water partition coefficient (Wildman–Crippen LogP) is 5.34. The van der Waals surface area contributed by atoms with E-state index in [0.29, 0.717) is 23.8 Å². The molecule has 7 heteroatoms. The fourth-order valence-electron chi connectivity index (χ4n) is 2.97. The van der Waals surface area contributed by atoms with E-state index in [1.807, 2.05) is 23.6 Å². The van der Waals surface area contributed by atoms with E-state index in [4.69, 9.17) is 14.5 Å². The van der Waals surface area contributed by atoms with Gasteiger partial charge in [-0.1, -0.05) is 18.2 Å². The van der Waals surface area contributed by atoms with E-state index in [0.717, 1.165) is 33.9 Å². The highest BCUT2D eigenvalue weighted by atomic mass is 32.2. The lowest BCUT2D eigenvalue weighted by molar-refractivity contribution is -0.0421. The van der Waals surface area contributed by atoms with E-state index in [2.05, 4.69) is 6.07 Å². The maximum Gasteiger partial charge on any atom is 0.158 e. The minimum absolute atomic E-state index is 0.185. The lowest BCUT2D eigenvalue weighted by Crippen LogP contribution is -2.08. The van der Waals surface area contributed by atoms with Crippen LogP contribution >= 0.6 is 23.1 Å². The summed E-state index contributed by atoms with van der Waals surface area (Å²) >= 11 is 3.11. The molecule has 0 atom stereocenters. The Hall–Kier alpha value is -2.24. The number of pyridine rings is 1. The fraction of sp³-hybridized carbons (Fsp3) is 0.238.